The number of para-hydroxylation sites is 2. The number of hydrogen-bond donors (Lipinski definition) is 1. The summed E-state index contributed by atoms with van der Waals surface area (Å²) in [4.78, 5) is 19.6. The number of hydrogen-bond acceptors (Lipinski definition) is 6. The molecule has 8 heteroatoms. The number of nitro benzene ring substituents is 1. The van der Waals surface area contributed by atoms with Crippen LogP contribution < -0.4 is 5.32 Å². The van der Waals surface area contributed by atoms with E-state index in [9.17, 15) is 10.1 Å². The number of anilines is 2. The third kappa shape index (κ3) is 2.20. The highest BCUT2D eigenvalue weighted by Gasteiger charge is 2.15. The van der Waals surface area contributed by atoms with Gasteiger partial charge in [-0.1, -0.05) is 23.5 Å². The van der Waals surface area contributed by atoms with Crippen molar-refractivity contribution in [2.75, 3.05) is 5.32 Å². The number of fused-ring (bicyclic) bond motifs is 3. The topological polar surface area (TPSA) is 85.9 Å². The SMILES string of the molecule is Cn1cnc2c3nc(Nc4ccccc4[N+](=O)[O-])sc3ccc21. The van der Waals surface area contributed by atoms with Crippen LogP contribution in [0.5, 0.6) is 0 Å². The van der Waals surface area contributed by atoms with Gasteiger partial charge in [0.2, 0.25) is 0 Å². The summed E-state index contributed by atoms with van der Waals surface area (Å²) in [6, 6.07) is 10.5. The number of thiazole rings is 1. The van der Waals surface area contributed by atoms with Gasteiger partial charge in [-0.05, 0) is 18.2 Å². The summed E-state index contributed by atoms with van der Waals surface area (Å²) in [6.07, 6.45) is 1.75. The van der Waals surface area contributed by atoms with E-state index in [0.29, 0.717) is 10.8 Å². The fourth-order valence-corrected chi connectivity index (χ4v) is 3.38. The highest BCUT2D eigenvalue weighted by molar-refractivity contribution is 7.22. The molecule has 1 N–H and O–H groups in total. The van der Waals surface area contributed by atoms with Crippen molar-refractivity contribution in [1.29, 1.82) is 0 Å². The Morgan fingerprint density at radius 3 is 2.87 bits per heavy atom. The summed E-state index contributed by atoms with van der Waals surface area (Å²) in [5.41, 5.74) is 3.08. The van der Waals surface area contributed by atoms with Crippen molar-refractivity contribution >= 4 is 49.1 Å². The Morgan fingerprint density at radius 2 is 2.04 bits per heavy atom. The molecule has 0 bridgehead atoms. The van der Waals surface area contributed by atoms with Gasteiger partial charge in [0, 0.05) is 13.1 Å². The molecule has 0 aliphatic heterocycles. The van der Waals surface area contributed by atoms with Crippen LogP contribution in [0.3, 0.4) is 0 Å². The van der Waals surface area contributed by atoms with Crippen molar-refractivity contribution in [2.45, 2.75) is 0 Å². The highest BCUT2D eigenvalue weighted by Crippen LogP contribution is 2.34. The van der Waals surface area contributed by atoms with E-state index in [2.05, 4.69) is 15.3 Å². The van der Waals surface area contributed by atoms with Crippen LogP contribution in [0.15, 0.2) is 42.7 Å². The number of aryl methyl sites for hydroxylation is 1. The summed E-state index contributed by atoms with van der Waals surface area (Å²) in [5.74, 6) is 0. The number of nitrogens with one attached hydrogen (secondary N) is 1. The van der Waals surface area contributed by atoms with Gasteiger partial charge in [-0.15, -0.1) is 0 Å². The Hall–Kier alpha value is -3.00. The van der Waals surface area contributed by atoms with Gasteiger partial charge in [0.05, 0.1) is 21.5 Å². The second kappa shape index (κ2) is 5.03. The van der Waals surface area contributed by atoms with E-state index in [4.69, 9.17) is 0 Å². The molecule has 0 fully saturated rings. The minimum atomic E-state index is -0.410. The molecule has 0 radical (unpaired) electrons. The van der Waals surface area contributed by atoms with Crippen LogP contribution in [-0.2, 0) is 7.05 Å². The fourth-order valence-electron chi connectivity index (χ4n) is 2.50. The van der Waals surface area contributed by atoms with Gasteiger partial charge in [-0.25, -0.2) is 9.97 Å². The van der Waals surface area contributed by atoms with Crippen molar-refractivity contribution in [3.63, 3.8) is 0 Å². The normalized spacial score (nSPS) is 11.2. The maximum Gasteiger partial charge on any atom is 0.292 e. The van der Waals surface area contributed by atoms with Crippen LogP contribution in [0.1, 0.15) is 0 Å². The third-order valence-corrected chi connectivity index (χ3v) is 4.53. The predicted molar refractivity (Wildman–Crippen MR) is 90.3 cm³/mol. The molecule has 7 nitrogen and oxygen atoms in total. The number of aromatic nitrogens is 3. The van der Waals surface area contributed by atoms with Gasteiger partial charge < -0.3 is 9.88 Å². The maximum absolute atomic E-state index is 11.1. The summed E-state index contributed by atoms with van der Waals surface area (Å²) < 4.78 is 2.92. The zero-order valence-electron chi connectivity index (χ0n) is 12.1. The molecule has 2 aromatic heterocycles. The third-order valence-electron chi connectivity index (χ3n) is 3.60. The van der Waals surface area contributed by atoms with Crippen molar-refractivity contribution in [3.8, 4) is 0 Å². The average Bonchev–Trinajstić information content (AvgIpc) is 3.11. The predicted octanol–water partition coefficient (Wildman–Crippen LogP) is 3.83. The molecule has 4 rings (SSSR count). The van der Waals surface area contributed by atoms with E-state index >= 15 is 0 Å². The molecular weight excluding hydrogens is 314 g/mol. The van der Waals surface area contributed by atoms with E-state index in [-0.39, 0.29) is 5.69 Å². The molecule has 0 amide bonds. The number of benzene rings is 2. The summed E-state index contributed by atoms with van der Waals surface area (Å²) in [6.45, 7) is 0. The van der Waals surface area contributed by atoms with Gasteiger partial charge in [-0.3, -0.25) is 10.1 Å². The largest absolute Gasteiger partial charge is 0.334 e. The van der Waals surface area contributed by atoms with Crippen molar-refractivity contribution < 1.29 is 4.92 Å². The molecule has 0 unspecified atom stereocenters. The zero-order valence-corrected chi connectivity index (χ0v) is 12.9. The molecule has 2 heterocycles. The molecule has 114 valence electrons. The lowest BCUT2D eigenvalue weighted by atomic mass is 10.3. The summed E-state index contributed by atoms with van der Waals surface area (Å²) in [5, 5.41) is 14.7. The van der Waals surface area contributed by atoms with Crippen LogP contribution in [0, 0.1) is 10.1 Å². The number of nitrogens with zero attached hydrogens (tertiary/aromatic N) is 4. The van der Waals surface area contributed by atoms with Crippen molar-refractivity contribution in [3.05, 3.63) is 52.8 Å². The summed E-state index contributed by atoms with van der Waals surface area (Å²) in [7, 11) is 1.93. The molecule has 0 spiro atoms. The lowest BCUT2D eigenvalue weighted by molar-refractivity contribution is -0.383. The standard InChI is InChI=1S/C15H11N5O2S/c1-19-8-16-13-11(19)6-7-12-14(13)18-15(23-12)17-9-4-2-3-5-10(9)20(21)22/h2-8H,1H3,(H,17,18). The molecule has 0 aliphatic rings. The molecule has 0 saturated heterocycles. The van der Waals surface area contributed by atoms with E-state index in [0.717, 1.165) is 21.3 Å². The first-order valence-corrected chi connectivity index (χ1v) is 7.66. The van der Waals surface area contributed by atoms with Crippen LogP contribution in [0.4, 0.5) is 16.5 Å². The van der Waals surface area contributed by atoms with E-state index in [1.807, 2.05) is 23.7 Å². The molecule has 0 saturated carbocycles. The number of imidazole rings is 1. The Balaban J connectivity index is 1.81. The van der Waals surface area contributed by atoms with Crippen LogP contribution in [0.25, 0.3) is 21.3 Å². The Morgan fingerprint density at radius 1 is 1.22 bits per heavy atom. The van der Waals surface area contributed by atoms with Crippen LogP contribution in [0.2, 0.25) is 0 Å². The average molecular weight is 325 g/mol. The maximum atomic E-state index is 11.1. The second-order valence-corrected chi connectivity index (χ2v) is 6.08. The van der Waals surface area contributed by atoms with Gasteiger partial charge in [0.1, 0.15) is 16.7 Å². The quantitative estimate of drug-likeness (QED) is 0.457. The minimum Gasteiger partial charge on any atom is -0.334 e. The Kier molecular flexibility index (Phi) is 2.98. The smallest absolute Gasteiger partial charge is 0.292 e. The monoisotopic (exact) mass is 325 g/mol. The second-order valence-electron chi connectivity index (χ2n) is 5.05. The van der Waals surface area contributed by atoms with Crippen molar-refractivity contribution in [1.82, 2.24) is 14.5 Å². The van der Waals surface area contributed by atoms with Gasteiger partial charge in [0.25, 0.3) is 5.69 Å². The van der Waals surface area contributed by atoms with E-state index in [1.165, 1.54) is 17.4 Å². The number of nitro groups is 1. The minimum absolute atomic E-state index is 0.0229. The van der Waals surface area contributed by atoms with Gasteiger partial charge >= 0.3 is 0 Å². The molecule has 0 aliphatic carbocycles. The summed E-state index contributed by atoms with van der Waals surface area (Å²) >= 11 is 1.44. The Bertz CT molecular complexity index is 1050. The van der Waals surface area contributed by atoms with Crippen LogP contribution in [-0.4, -0.2) is 19.5 Å². The Labute approximate surface area is 134 Å². The lowest BCUT2D eigenvalue weighted by Crippen LogP contribution is -1.96. The van der Waals surface area contributed by atoms with Crippen LogP contribution >= 0.6 is 11.3 Å². The van der Waals surface area contributed by atoms with E-state index < -0.39 is 4.92 Å². The molecule has 2 aromatic carbocycles. The first-order valence-electron chi connectivity index (χ1n) is 6.84. The van der Waals surface area contributed by atoms with E-state index in [1.54, 1.807) is 24.5 Å². The molecule has 0 atom stereocenters. The first kappa shape index (κ1) is 13.6. The molecule has 4 aromatic rings. The molecular formula is C15H11N5O2S. The highest BCUT2D eigenvalue weighted by atomic mass is 32.1. The fraction of sp³-hybridized carbons (Fsp3) is 0.0667. The lowest BCUT2D eigenvalue weighted by Gasteiger charge is -2.02. The first-order chi connectivity index (χ1) is 11.1. The molecule has 23 heavy (non-hydrogen) atoms. The van der Waals surface area contributed by atoms with Gasteiger partial charge in [-0.2, -0.15) is 0 Å². The van der Waals surface area contributed by atoms with Gasteiger partial charge in [0.15, 0.2) is 5.13 Å². The zero-order chi connectivity index (χ0) is 16.0. The van der Waals surface area contributed by atoms with Crippen molar-refractivity contribution in [2.24, 2.45) is 7.05 Å². The number of rotatable bonds is 3.